The predicted molar refractivity (Wildman–Crippen MR) is 61.7 cm³/mol. The van der Waals surface area contributed by atoms with E-state index in [9.17, 15) is 0 Å². The van der Waals surface area contributed by atoms with E-state index in [0.717, 1.165) is 18.3 Å². The van der Waals surface area contributed by atoms with Gasteiger partial charge >= 0.3 is 0 Å². The zero-order valence-electron chi connectivity index (χ0n) is 9.79. The van der Waals surface area contributed by atoms with E-state index >= 15 is 0 Å². The SMILES string of the molecule is Cc1cc(CNC2CCCCC2)n(C)n1. The molecule has 0 spiro atoms. The Morgan fingerprint density at radius 1 is 1.40 bits per heavy atom. The van der Waals surface area contributed by atoms with Crippen LogP contribution in [0.4, 0.5) is 0 Å². The molecule has 1 aromatic heterocycles. The van der Waals surface area contributed by atoms with E-state index in [1.807, 2.05) is 18.7 Å². The molecule has 0 aliphatic heterocycles. The van der Waals surface area contributed by atoms with Gasteiger partial charge in [-0.3, -0.25) is 4.68 Å². The van der Waals surface area contributed by atoms with Crippen molar-refractivity contribution in [1.82, 2.24) is 15.1 Å². The molecule has 2 rings (SSSR count). The molecule has 15 heavy (non-hydrogen) atoms. The molecule has 1 aromatic rings. The van der Waals surface area contributed by atoms with Gasteiger partial charge in [-0.05, 0) is 25.8 Å². The molecule has 0 unspecified atom stereocenters. The minimum Gasteiger partial charge on any atom is -0.308 e. The topological polar surface area (TPSA) is 29.9 Å². The van der Waals surface area contributed by atoms with E-state index in [1.165, 1.54) is 37.8 Å². The quantitative estimate of drug-likeness (QED) is 0.823. The van der Waals surface area contributed by atoms with Gasteiger partial charge in [-0.2, -0.15) is 5.10 Å². The third-order valence-corrected chi connectivity index (χ3v) is 3.28. The second kappa shape index (κ2) is 4.79. The predicted octanol–water partition coefficient (Wildman–Crippen LogP) is 2.15. The van der Waals surface area contributed by atoms with Crippen molar-refractivity contribution in [1.29, 1.82) is 0 Å². The van der Waals surface area contributed by atoms with E-state index in [4.69, 9.17) is 0 Å². The van der Waals surface area contributed by atoms with Crippen molar-refractivity contribution in [2.45, 2.75) is 51.6 Å². The van der Waals surface area contributed by atoms with Gasteiger partial charge in [0.2, 0.25) is 0 Å². The van der Waals surface area contributed by atoms with Crippen LogP contribution >= 0.6 is 0 Å². The Bertz CT molecular complexity index is 311. The zero-order chi connectivity index (χ0) is 10.7. The molecule has 3 heteroatoms. The number of hydrogen-bond donors (Lipinski definition) is 1. The summed E-state index contributed by atoms with van der Waals surface area (Å²) in [4.78, 5) is 0. The lowest BCUT2D eigenvalue weighted by atomic mass is 9.95. The third-order valence-electron chi connectivity index (χ3n) is 3.28. The van der Waals surface area contributed by atoms with Gasteiger partial charge in [-0.1, -0.05) is 19.3 Å². The summed E-state index contributed by atoms with van der Waals surface area (Å²) in [5, 5.41) is 7.98. The molecule has 1 fully saturated rings. The van der Waals surface area contributed by atoms with E-state index < -0.39 is 0 Å². The van der Waals surface area contributed by atoms with Gasteiger partial charge < -0.3 is 5.32 Å². The van der Waals surface area contributed by atoms with Crippen LogP contribution in [0.5, 0.6) is 0 Å². The van der Waals surface area contributed by atoms with Crippen LogP contribution in [0.1, 0.15) is 43.5 Å². The summed E-state index contributed by atoms with van der Waals surface area (Å²) in [6, 6.07) is 2.89. The maximum Gasteiger partial charge on any atom is 0.0597 e. The maximum absolute atomic E-state index is 4.35. The number of rotatable bonds is 3. The Morgan fingerprint density at radius 3 is 2.73 bits per heavy atom. The molecule has 1 heterocycles. The molecule has 1 saturated carbocycles. The van der Waals surface area contributed by atoms with E-state index in [1.54, 1.807) is 0 Å². The highest BCUT2D eigenvalue weighted by Crippen LogP contribution is 2.17. The summed E-state index contributed by atoms with van der Waals surface area (Å²) in [5.74, 6) is 0. The number of nitrogens with zero attached hydrogens (tertiary/aromatic N) is 2. The average molecular weight is 207 g/mol. The Labute approximate surface area is 91.9 Å². The summed E-state index contributed by atoms with van der Waals surface area (Å²) in [5.41, 5.74) is 2.40. The van der Waals surface area contributed by atoms with Crippen molar-refractivity contribution < 1.29 is 0 Å². The van der Waals surface area contributed by atoms with Gasteiger partial charge in [-0.15, -0.1) is 0 Å². The smallest absolute Gasteiger partial charge is 0.0597 e. The lowest BCUT2D eigenvalue weighted by molar-refractivity contribution is 0.368. The molecule has 1 aliphatic carbocycles. The van der Waals surface area contributed by atoms with Gasteiger partial charge in [-0.25, -0.2) is 0 Å². The molecule has 3 nitrogen and oxygen atoms in total. The second-order valence-electron chi connectivity index (χ2n) is 4.62. The van der Waals surface area contributed by atoms with Crippen molar-refractivity contribution in [2.75, 3.05) is 0 Å². The summed E-state index contributed by atoms with van der Waals surface area (Å²) in [6.07, 6.45) is 6.89. The fraction of sp³-hybridized carbons (Fsp3) is 0.750. The summed E-state index contributed by atoms with van der Waals surface area (Å²) < 4.78 is 1.98. The van der Waals surface area contributed by atoms with Crippen LogP contribution in [0.3, 0.4) is 0 Å². The molecule has 0 aromatic carbocycles. The Kier molecular flexibility index (Phi) is 3.41. The Morgan fingerprint density at radius 2 is 2.13 bits per heavy atom. The lowest BCUT2D eigenvalue weighted by Crippen LogP contribution is -2.31. The zero-order valence-corrected chi connectivity index (χ0v) is 9.79. The standard InChI is InChI=1S/C12H21N3/c1-10-8-12(15(2)14-10)9-13-11-6-4-3-5-7-11/h8,11,13H,3-7,9H2,1-2H3. The lowest BCUT2D eigenvalue weighted by Gasteiger charge is -2.22. The number of aryl methyl sites for hydroxylation is 2. The van der Waals surface area contributed by atoms with Crippen molar-refractivity contribution in [3.63, 3.8) is 0 Å². The Balaban J connectivity index is 1.84. The summed E-state index contributed by atoms with van der Waals surface area (Å²) >= 11 is 0. The monoisotopic (exact) mass is 207 g/mol. The molecule has 0 atom stereocenters. The van der Waals surface area contributed by atoms with Crippen molar-refractivity contribution in [3.05, 3.63) is 17.5 Å². The molecule has 1 aliphatic rings. The molecule has 0 saturated heterocycles. The van der Waals surface area contributed by atoms with E-state index in [2.05, 4.69) is 16.5 Å². The second-order valence-corrected chi connectivity index (χ2v) is 4.62. The highest BCUT2D eigenvalue weighted by molar-refractivity contribution is 5.08. The molecular formula is C12H21N3. The number of aromatic nitrogens is 2. The first-order valence-electron chi connectivity index (χ1n) is 5.98. The first-order valence-corrected chi connectivity index (χ1v) is 5.98. The van der Waals surface area contributed by atoms with Crippen LogP contribution < -0.4 is 5.32 Å². The fourth-order valence-electron chi connectivity index (χ4n) is 2.39. The summed E-state index contributed by atoms with van der Waals surface area (Å²) in [7, 11) is 2.02. The van der Waals surface area contributed by atoms with Crippen LogP contribution in [-0.4, -0.2) is 15.8 Å². The van der Waals surface area contributed by atoms with Crippen LogP contribution in [0.25, 0.3) is 0 Å². The highest BCUT2D eigenvalue weighted by atomic mass is 15.3. The first-order chi connectivity index (χ1) is 7.25. The van der Waals surface area contributed by atoms with E-state index in [0.29, 0.717) is 0 Å². The van der Waals surface area contributed by atoms with Gasteiger partial charge in [0.25, 0.3) is 0 Å². The van der Waals surface area contributed by atoms with Crippen molar-refractivity contribution >= 4 is 0 Å². The Hall–Kier alpha value is -0.830. The molecule has 0 bridgehead atoms. The number of hydrogen-bond acceptors (Lipinski definition) is 2. The summed E-state index contributed by atoms with van der Waals surface area (Å²) in [6.45, 7) is 3.01. The first kappa shape index (κ1) is 10.7. The molecule has 0 amide bonds. The molecule has 0 radical (unpaired) electrons. The van der Waals surface area contributed by atoms with Gasteiger partial charge in [0.05, 0.1) is 11.4 Å². The van der Waals surface area contributed by atoms with Crippen molar-refractivity contribution in [2.24, 2.45) is 7.05 Å². The van der Waals surface area contributed by atoms with Crippen LogP contribution in [0.15, 0.2) is 6.07 Å². The average Bonchev–Trinajstić information content (AvgIpc) is 2.56. The molecule has 84 valence electrons. The third kappa shape index (κ3) is 2.81. The van der Waals surface area contributed by atoms with Gasteiger partial charge in [0, 0.05) is 19.6 Å². The number of nitrogens with one attached hydrogen (secondary N) is 1. The molecular weight excluding hydrogens is 186 g/mol. The van der Waals surface area contributed by atoms with Crippen LogP contribution in [-0.2, 0) is 13.6 Å². The highest BCUT2D eigenvalue weighted by Gasteiger charge is 2.13. The molecule has 1 N–H and O–H groups in total. The van der Waals surface area contributed by atoms with Crippen LogP contribution in [0.2, 0.25) is 0 Å². The van der Waals surface area contributed by atoms with Crippen LogP contribution in [0, 0.1) is 6.92 Å². The largest absolute Gasteiger partial charge is 0.308 e. The maximum atomic E-state index is 4.35. The van der Waals surface area contributed by atoms with Gasteiger partial charge in [0.1, 0.15) is 0 Å². The normalized spacial score (nSPS) is 18.3. The van der Waals surface area contributed by atoms with E-state index in [-0.39, 0.29) is 0 Å². The van der Waals surface area contributed by atoms with Crippen molar-refractivity contribution in [3.8, 4) is 0 Å². The minimum absolute atomic E-state index is 0.731. The van der Waals surface area contributed by atoms with Gasteiger partial charge in [0.15, 0.2) is 0 Å². The minimum atomic E-state index is 0.731. The fourth-order valence-corrected chi connectivity index (χ4v) is 2.39.